The molecule has 0 atom stereocenters. The molecule has 0 aliphatic carbocycles. The number of nitrogens with zero attached hydrogens (tertiary/aromatic N) is 3. The number of halogens is 1. The third-order valence-electron chi connectivity index (χ3n) is 4.13. The van der Waals surface area contributed by atoms with Crippen molar-refractivity contribution < 1.29 is 8.42 Å². The molecule has 1 aromatic heterocycles. The normalized spacial score (nSPS) is 13.9. The molecular weight excluding hydrogens is 497 g/mol. The second kappa shape index (κ2) is 9.69. The summed E-state index contributed by atoms with van der Waals surface area (Å²) in [5.74, 6) is 0.577. The van der Waals surface area contributed by atoms with Crippen molar-refractivity contribution in [1.82, 2.24) is 15.6 Å². The number of sulfonamides is 1. The maximum atomic E-state index is 12.7. The molecule has 0 bridgehead atoms. The number of fused-ring (bicyclic) bond motifs is 1. The molecule has 7 nitrogen and oxygen atoms in total. The Morgan fingerprint density at radius 3 is 2.81 bits per heavy atom. The topological polar surface area (TPSA) is 86.7 Å². The molecular formula is C17H24IN5O2S2. The van der Waals surface area contributed by atoms with Crippen LogP contribution in [-0.4, -0.2) is 45.3 Å². The fourth-order valence-electron chi connectivity index (χ4n) is 2.87. The van der Waals surface area contributed by atoms with E-state index in [1.807, 2.05) is 37.4 Å². The minimum atomic E-state index is -3.36. The van der Waals surface area contributed by atoms with Crippen LogP contribution in [0.3, 0.4) is 0 Å². The van der Waals surface area contributed by atoms with Crippen LogP contribution in [-0.2, 0) is 23.0 Å². The van der Waals surface area contributed by atoms with E-state index in [1.165, 1.54) is 4.31 Å². The molecule has 10 heteroatoms. The number of aromatic nitrogens is 1. The maximum absolute atomic E-state index is 12.7. The predicted molar refractivity (Wildman–Crippen MR) is 122 cm³/mol. The maximum Gasteiger partial charge on any atom is 0.236 e. The summed E-state index contributed by atoms with van der Waals surface area (Å²) in [4.78, 5) is 9.57. The smallest absolute Gasteiger partial charge is 0.236 e. The molecule has 3 rings (SSSR count). The van der Waals surface area contributed by atoms with Crippen LogP contribution in [0.4, 0.5) is 5.69 Å². The molecule has 2 N–H and O–H groups in total. The minimum Gasteiger partial charge on any atom is -0.355 e. The van der Waals surface area contributed by atoms with E-state index in [-0.39, 0.29) is 36.3 Å². The van der Waals surface area contributed by atoms with Crippen molar-refractivity contribution in [1.29, 1.82) is 0 Å². The minimum absolute atomic E-state index is 0. The van der Waals surface area contributed by atoms with Crippen molar-refractivity contribution in [2.45, 2.75) is 19.9 Å². The van der Waals surface area contributed by atoms with Crippen molar-refractivity contribution >= 4 is 57.0 Å². The zero-order chi connectivity index (χ0) is 18.6. The second-order valence-corrected chi connectivity index (χ2v) is 9.32. The van der Waals surface area contributed by atoms with E-state index >= 15 is 0 Å². The van der Waals surface area contributed by atoms with Gasteiger partial charge in [0.2, 0.25) is 10.0 Å². The number of hydrogen-bond acceptors (Lipinski definition) is 5. The van der Waals surface area contributed by atoms with Gasteiger partial charge in [-0.15, -0.1) is 35.3 Å². The Labute approximate surface area is 181 Å². The largest absolute Gasteiger partial charge is 0.355 e. The lowest BCUT2D eigenvalue weighted by Gasteiger charge is -2.20. The lowest BCUT2D eigenvalue weighted by Crippen LogP contribution is -2.41. The zero-order valence-corrected chi connectivity index (χ0v) is 19.3. The molecule has 1 aliphatic heterocycles. The number of aliphatic imine (C=N–C) groups is 1. The van der Waals surface area contributed by atoms with E-state index in [9.17, 15) is 8.42 Å². The van der Waals surface area contributed by atoms with Gasteiger partial charge in [0, 0.05) is 31.2 Å². The number of hydrogen-bond donors (Lipinski definition) is 2. The summed E-state index contributed by atoms with van der Waals surface area (Å²) in [5.41, 5.74) is 1.88. The third kappa shape index (κ3) is 5.55. The molecule has 0 spiro atoms. The van der Waals surface area contributed by atoms with Gasteiger partial charge < -0.3 is 10.6 Å². The highest BCUT2D eigenvalue weighted by Crippen LogP contribution is 2.29. The summed E-state index contributed by atoms with van der Waals surface area (Å²) in [6.07, 6.45) is 2.59. The predicted octanol–water partition coefficient (Wildman–Crippen LogP) is 2.13. The van der Waals surface area contributed by atoms with Crippen molar-refractivity contribution in [3.05, 3.63) is 45.9 Å². The van der Waals surface area contributed by atoms with Crippen LogP contribution in [0.15, 0.2) is 35.5 Å². The Balaban J connectivity index is 0.00000261. The molecule has 1 aromatic carbocycles. The van der Waals surface area contributed by atoms with Crippen LogP contribution in [0.1, 0.15) is 15.4 Å². The summed E-state index contributed by atoms with van der Waals surface area (Å²) in [6, 6.07) is 7.66. The first-order chi connectivity index (χ1) is 12.5. The lowest BCUT2D eigenvalue weighted by molar-refractivity contribution is 0.591. The summed E-state index contributed by atoms with van der Waals surface area (Å²) >= 11 is 1.62. The van der Waals surface area contributed by atoms with Crippen molar-refractivity contribution in [2.24, 2.45) is 4.99 Å². The average Bonchev–Trinajstić information content (AvgIpc) is 3.24. The lowest BCUT2D eigenvalue weighted by atomic mass is 10.2. The van der Waals surface area contributed by atoms with Crippen LogP contribution in [0.2, 0.25) is 0 Å². The van der Waals surface area contributed by atoms with Crippen LogP contribution in [0.5, 0.6) is 0 Å². The summed E-state index contributed by atoms with van der Waals surface area (Å²) in [5, 5.41) is 7.17. The molecule has 0 saturated carbocycles. The van der Waals surface area contributed by atoms with Gasteiger partial charge in [0.25, 0.3) is 0 Å². The first-order valence-electron chi connectivity index (χ1n) is 8.44. The molecule has 2 heterocycles. The monoisotopic (exact) mass is 521 g/mol. The zero-order valence-electron chi connectivity index (χ0n) is 15.3. The number of nitrogens with one attached hydrogen (secondary N) is 2. The first kappa shape index (κ1) is 21.9. The Bertz CT molecular complexity index is 898. The fourth-order valence-corrected chi connectivity index (χ4v) is 5.02. The van der Waals surface area contributed by atoms with Crippen LogP contribution in [0, 0.1) is 6.92 Å². The van der Waals surface area contributed by atoms with Crippen LogP contribution < -0.4 is 14.9 Å². The quantitative estimate of drug-likeness (QED) is 0.346. The number of para-hydroxylation sites is 1. The van der Waals surface area contributed by atoms with Crippen LogP contribution in [0.25, 0.3) is 0 Å². The highest BCUT2D eigenvalue weighted by molar-refractivity contribution is 14.0. The third-order valence-corrected chi connectivity index (χ3v) is 6.82. The molecule has 1 aliphatic rings. The molecule has 0 saturated heterocycles. The van der Waals surface area contributed by atoms with Gasteiger partial charge in [-0.1, -0.05) is 18.2 Å². The van der Waals surface area contributed by atoms with E-state index in [4.69, 9.17) is 0 Å². The molecule has 2 aromatic rings. The first-order valence-corrected chi connectivity index (χ1v) is 10.9. The van der Waals surface area contributed by atoms with Gasteiger partial charge in [0.1, 0.15) is 5.01 Å². The Kier molecular flexibility index (Phi) is 7.86. The van der Waals surface area contributed by atoms with Gasteiger partial charge in [0.05, 0.1) is 18.0 Å². The molecule has 0 radical (unpaired) electrons. The van der Waals surface area contributed by atoms with Gasteiger partial charge in [0.15, 0.2) is 5.96 Å². The fraction of sp³-hybridized carbons (Fsp3) is 0.412. The molecule has 27 heavy (non-hydrogen) atoms. The molecule has 0 unspecified atom stereocenters. The SMILES string of the molecule is CN=C(NCCS(=O)(=O)N1CCc2ccccc21)NCc1ncc(C)s1.I. The molecule has 148 valence electrons. The van der Waals surface area contributed by atoms with Gasteiger partial charge >= 0.3 is 0 Å². The Morgan fingerprint density at radius 1 is 1.33 bits per heavy atom. The Morgan fingerprint density at radius 2 is 2.11 bits per heavy atom. The standard InChI is InChI=1S/C17H23N5O2S2.HI/c1-13-11-20-16(25-13)12-21-17(18-2)19-8-10-26(23,24)22-9-7-14-5-3-4-6-15(14)22;/h3-6,11H,7-10,12H2,1-2H3,(H2,18,19,21);1H. The molecule has 0 fully saturated rings. The van der Waals surface area contributed by atoms with E-state index in [0.717, 1.165) is 27.6 Å². The van der Waals surface area contributed by atoms with Crippen molar-refractivity contribution in [3.8, 4) is 0 Å². The number of guanidine groups is 1. The van der Waals surface area contributed by atoms with Crippen molar-refractivity contribution in [2.75, 3.05) is 30.2 Å². The van der Waals surface area contributed by atoms with Gasteiger partial charge in [-0.2, -0.15) is 0 Å². The van der Waals surface area contributed by atoms with Crippen LogP contribution >= 0.6 is 35.3 Å². The second-order valence-electron chi connectivity index (χ2n) is 5.98. The Hall–Kier alpha value is -1.40. The average molecular weight is 521 g/mol. The number of aryl methyl sites for hydroxylation is 1. The van der Waals surface area contributed by atoms with E-state index in [0.29, 0.717) is 19.0 Å². The molecule has 0 amide bonds. The summed E-state index contributed by atoms with van der Waals surface area (Å²) < 4.78 is 26.8. The van der Waals surface area contributed by atoms with Gasteiger partial charge in [-0.05, 0) is 25.0 Å². The van der Waals surface area contributed by atoms with Crippen molar-refractivity contribution in [3.63, 3.8) is 0 Å². The number of thiazole rings is 1. The van der Waals surface area contributed by atoms with E-state index in [1.54, 1.807) is 18.4 Å². The highest BCUT2D eigenvalue weighted by Gasteiger charge is 2.28. The number of anilines is 1. The van der Waals surface area contributed by atoms with E-state index < -0.39 is 10.0 Å². The van der Waals surface area contributed by atoms with Gasteiger partial charge in [-0.3, -0.25) is 9.30 Å². The summed E-state index contributed by atoms with van der Waals surface area (Å²) in [6.45, 7) is 3.37. The van der Waals surface area contributed by atoms with Gasteiger partial charge in [-0.25, -0.2) is 13.4 Å². The highest BCUT2D eigenvalue weighted by atomic mass is 127. The number of rotatable bonds is 6. The number of benzene rings is 1. The summed E-state index contributed by atoms with van der Waals surface area (Å²) in [7, 11) is -1.70. The van der Waals surface area contributed by atoms with E-state index in [2.05, 4.69) is 20.6 Å².